The van der Waals surface area contributed by atoms with Gasteiger partial charge in [-0.3, -0.25) is 4.57 Å². The average Bonchev–Trinajstić information content (AvgIpc) is 3.02. The molecule has 0 radical (unpaired) electrons. The second kappa shape index (κ2) is 8.25. The summed E-state index contributed by atoms with van der Waals surface area (Å²) in [6.07, 6.45) is -1.16. The van der Waals surface area contributed by atoms with Gasteiger partial charge in [-0.1, -0.05) is 30.3 Å². The van der Waals surface area contributed by atoms with Crippen LogP contribution >= 0.6 is 19.8 Å². The minimum Gasteiger partial charge on any atom is -0.459 e. The fourth-order valence-corrected chi connectivity index (χ4v) is 5.97. The molecule has 1 heterocycles. The molecule has 1 aliphatic rings. The highest BCUT2D eigenvalue weighted by Gasteiger charge is 2.64. The predicted octanol–water partition coefficient (Wildman–Crippen LogP) is 5.03. The lowest BCUT2D eigenvalue weighted by molar-refractivity contribution is 0.133. The van der Waals surface area contributed by atoms with Crippen LogP contribution < -0.4 is 5.32 Å². The van der Waals surface area contributed by atoms with Gasteiger partial charge in [0.25, 0.3) is 5.17 Å². The molecule has 28 heavy (non-hydrogen) atoms. The first-order valence-electron chi connectivity index (χ1n) is 8.76. The molecule has 150 valence electrons. The molecule has 3 rings (SSSR count). The number of rotatable bonds is 7. The molecule has 9 heteroatoms. The molecule has 0 spiro atoms. The third-order valence-electron chi connectivity index (χ3n) is 4.40. The van der Waals surface area contributed by atoms with Crippen molar-refractivity contribution < 1.29 is 27.1 Å². The summed E-state index contributed by atoms with van der Waals surface area (Å²) in [4.78, 5) is 0. The van der Waals surface area contributed by atoms with Crippen molar-refractivity contribution in [3.05, 3.63) is 71.3 Å². The Morgan fingerprint density at radius 2 is 1.71 bits per heavy atom. The van der Waals surface area contributed by atoms with Gasteiger partial charge in [-0.05, 0) is 49.8 Å². The molecule has 1 aliphatic heterocycles. The summed E-state index contributed by atoms with van der Waals surface area (Å²) in [6, 6.07) is 11.2. The Morgan fingerprint density at radius 1 is 1.11 bits per heavy atom. The summed E-state index contributed by atoms with van der Waals surface area (Å²) in [5, 5.41) is 1.12. The number of thiocarbonyl (C=S) groups is 1. The minimum absolute atomic E-state index is 0.0681. The Morgan fingerprint density at radius 3 is 2.29 bits per heavy atom. The Balaban J connectivity index is 2.31. The third kappa shape index (κ3) is 3.46. The molecule has 5 nitrogen and oxygen atoms in total. The van der Waals surface area contributed by atoms with Crippen LogP contribution in [0, 0.1) is 11.6 Å². The van der Waals surface area contributed by atoms with E-state index >= 15 is 0 Å². The molecule has 0 amide bonds. The van der Waals surface area contributed by atoms with Crippen molar-refractivity contribution in [3.63, 3.8) is 0 Å². The molecule has 0 unspecified atom stereocenters. The summed E-state index contributed by atoms with van der Waals surface area (Å²) in [5.74, 6) is -1.05. The molecule has 1 fully saturated rings. The van der Waals surface area contributed by atoms with Gasteiger partial charge >= 0.3 is 7.60 Å². The predicted molar refractivity (Wildman–Crippen MR) is 105 cm³/mol. The number of nitrogens with one attached hydrogen (secondary N) is 1. The maximum Gasteiger partial charge on any atom is 0.364 e. The quantitative estimate of drug-likeness (QED) is 0.494. The summed E-state index contributed by atoms with van der Waals surface area (Å²) in [7, 11) is -4.03. The SMILES string of the molecule is CCOP(=O)(OCC)[C@@]1(c2ccc(F)cc2)NC(=S)O[C@@H]1c1ccccc1F. The van der Waals surface area contributed by atoms with E-state index in [2.05, 4.69) is 5.32 Å². The number of ether oxygens (including phenoxy) is 1. The van der Waals surface area contributed by atoms with E-state index in [1.165, 1.54) is 42.5 Å². The molecule has 0 aliphatic carbocycles. The lowest BCUT2D eigenvalue weighted by Crippen LogP contribution is -2.43. The molecular weight excluding hydrogens is 407 g/mol. The third-order valence-corrected chi connectivity index (χ3v) is 7.26. The zero-order valence-electron chi connectivity index (χ0n) is 15.4. The van der Waals surface area contributed by atoms with E-state index in [0.29, 0.717) is 5.56 Å². The van der Waals surface area contributed by atoms with E-state index < -0.39 is 30.6 Å². The monoisotopic (exact) mass is 427 g/mol. The first kappa shape index (κ1) is 20.9. The lowest BCUT2D eigenvalue weighted by atomic mass is 9.95. The van der Waals surface area contributed by atoms with Gasteiger partial charge in [-0.25, -0.2) is 8.78 Å². The fourth-order valence-electron chi connectivity index (χ4n) is 3.30. The van der Waals surface area contributed by atoms with E-state index in [-0.39, 0.29) is 24.0 Å². The van der Waals surface area contributed by atoms with E-state index in [1.54, 1.807) is 19.9 Å². The fraction of sp³-hybridized carbons (Fsp3) is 0.316. The smallest absolute Gasteiger partial charge is 0.364 e. The molecule has 2 atom stereocenters. The van der Waals surface area contributed by atoms with E-state index in [4.69, 9.17) is 26.0 Å². The summed E-state index contributed by atoms with van der Waals surface area (Å²) >= 11 is 5.19. The van der Waals surface area contributed by atoms with Crippen LogP contribution in [0.5, 0.6) is 0 Å². The van der Waals surface area contributed by atoms with E-state index in [0.717, 1.165) is 0 Å². The Labute approximate surface area is 167 Å². The second-order valence-corrected chi connectivity index (χ2v) is 8.63. The van der Waals surface area contributed by atoms with Gasteiger partial charge in [0.05, 0.1) is 13.2 Å². The highest BCUT2D eigenvalue weighted by atomic mass is 32.1. The van der Waals surface area contributed by atoms with Gasteiger partial charge in [0.1, 0.15) is 11.6 Å². The largest absolute Gasteiger partial charge is 0.459 e. The van der Waals surface area contributed by atoms with E-state index in [1.807, 2.05) is 0 Å². The molecule has 0 aromatic heterocycles. The molecule has 1 N–H and O–H groups in total. The molecule has 0 saturated carbocycles. The zero-order valence-corrected chi connectivity index (χ0v) is 17.1. The zero-order chi connectivity index (χ0) is 20.4. The maximum atomic E-state index is 14.7. The molecule has 2 aromatic rings. The topological polar surface area (TPSA) is 56.8 Å². The first-order valence-corrected chi connectivity index (χ1v) is 10.7. The van der Waals surface area contributed by atoms with Gasteiger partial charge in [0.2, 0.25) is 5.28 Å². The van der Waals surface area contributed by atoms with Crippen molar-refractivity contribution in [3.8, 4) is 0 Å². The summed E-state index contributed by atoms with van der Waals surface area (Å²) in [6.45, 7) is 3.46. The summed E-state index contributed by atoms with van der Waals surface area (Å²) in [5.41, 5.74) is 0.464. The van der Waals surface area contributed by atoms with Crippen molar-refractivity contribution >= 4 is 25.0 Å². The molecule has 1 saturated heterocycles. The Bertz CT molecular complexity index is 901. The van der Waals surface area contributed by atoms with Crippen LogP contribution in [0.3, 0.4) is 0 Å². The highest BCUT2D eigenvalue weighted by molar-refractivity contribution is 7.80. The van der Waals surface area contributed by atoms with Crippen LogP contribution in [0.2, 0.25) is 0 Å². The van der Waals surface area contributed by atoms with Crippen LogP contribution in [-0.4, -0.2) is 18.4 Å². The number of hydrogen-bond donors (Lipinski definition) is 1. The standard InChI is InChI=1S/C19H20F2NO4PS/c1-3-24-27(23,25-4-2)19(13-9-11-14(20)12-10-13)17(26-18(28)22-19)15-7-5-6-8-16(15)21/h5-12,17H,3-4H2,1-2H3,(H,22,28)/t17-,19-/m1/s1. The van der Waals surface area contributed by atoms with E-state index in [9.17, 15) is 13.3 Å². The molecule has 0 bridgehead atoms. The van der Waals surface area contributed by atoms with Crippen molar-refractivity contribution in [2.75, 3.05) is 13.2 Å². The van der Waals surface area contributed by atoms with Crippen LogP contribution in [0.1, 0.15) is 31.1 Å². The van der Waals surface area contributed by atoms with Crippen molar-refractivity contribution in [2.24, 2.45) is 0 Å². The first-order chi connectivity index (χ1) is 13.4. The van der Waals surface area contributed by atoms with Gasteiger partial charge in [0.15, 0.2) is 6.10 Å². The van der Waals surface area contributed by atoms with Gasteiger partial charge in [-0.2, -0.15) is 0 Å². The van der Waals surface area contributed by atoms with Crippen LogP contribution in [0.25, 0.3) is 0 Å². The molecular formula is C19H20F2NO4PS. The Kier molecular flexibility index (Phi) is 6.15. The van der Waals surface area contributed by atoms with Gasteiger partial charge in [0, 0.05) is 5.56 Å². The number of benzene rings is 2. The van der Waals surface area contributed by atoms with Gasteiger partial charge in [-0.15, -0.1) is 0 Å². The minimum atomic E-state index is -4.03. The number of halogens is 2. The van der Waals surface area contributed by atoms with Crippen LogP contribution in [-0.2, 0) is 23.6 Å². The summed E-state index contributed by atoms with van der Waals surface area (Å²) < 4.78 is 59.2. The highest BCUT2D eigenvalue weighted by Crippen LogP contribution is 2.70. The normalized spacial score (nSPS) is 22.0. The van der Waals surface area contributed by atoms with Crippen molar-refractivity contribution in [1.29, 1.82) is 0 Å². The second-order valence-electron chi connectivity index (χ2n) is 6.04. The maximum absolute atomic E-state index is 14.7. The Hall–Kier alpha value is -1.86. The van der Waals surface area contributed by atoms with Crippen LogP contribution in [0.15, 0.2) is 48.5 Å². The lowest BCUT2D eigenvalue weighted by Gasteiger charge is -2.38. The van der Waals surface area contributed by atoms with Crippen molar-refractivity contribution in [2.45, 2.75) is 25.2 Å². The number of hydrogen-bond acceptors (Lipinski definition) is 5. The van der Waals surface area contributed by atoms with Crippen LogP contribution in [0.4, 0.5) is 8.78 Å². The van der Waals surface area contributed by atoms with Gasteiger partial charge < -0.3 is 19.1 Å². The average molecular weight is 427 g/mol. The molecule has 2 aromatic carbocycles. The van der Waals surface area contributed by atoms with Crippen molar-refractivity contribution in [1.82, 2.24) is 5.32 Å².